The molecule has 1 atom stereocenters. The number of halogens is 3. The molecule has 1 aliphatic rings. The Bertz CT molecular complexity index is 1240. The number of fused-ring (bicyclic) bond motifs is 1. The number of methoxy groups -OCH3 is 2. The third-order valence-electron chi connectivity index (χ3n) is 5.47. The van der Waals surface area contributed by atoms with E-state index in [9.17, 15) is 9.59 Å². The number of carbonyl (C=O) groups is 2. The second-order valence-corrected chi connectivity index (χ2v) is 8.71. The van der Waals surface area contributed by atoms with E-state index in [-0.39, 0.29) is 33.1 Å². The highest BCUT2D eigenvalue weighted by molar-refractivity contribution is 6.40. The van der Waals surface area contributed by atoms with Crippen LogP contribution in [0.2, 0.25) is 15.1 Å². The zero-order valence-corrected chi connectivity index (χ0v) is 19.9. The van der Waals surface area contributed by atoms with Gasteiger partial charge < -0.3 is 14.2 Å². The predicted molar refractivity (Wildman–Crippen MR) is 125 cm³/mol. The summed E-state index contributed by atoms with van der Waals surface area (Å²) in [5, 5.41) is 0.533. The van der Waals surface area contributed by atoms with E-state index in [0.29, 0.717) is 40.5 Å². The van der Waals surface area contributed by atoms with Gasteiger partial charge in [-0.05, 0) is 54.3 Å². The van der Waals surface area contributed by atoms with Crippen LogP contribution in [0.25, 0.3) is 0 Å². The number of carbonyl (C=O) groups excluding carboxylic acids is 2. The summed E-state index contributed by atoms with van der Waals surface area (Å²) in [6.07, 6.45) is 3.80. The number of ether oxygens (including phenoxy) is 3. The molecule has 1 aromatic heterocycles. The Hall–Kier alpha value is -2.80. The third-order valence-corrected chi connectivity index (χ3v) is 6.25. The van der Waals surface area contributed by atoms with Crippen molar-refractivity contribution in [1.82, 2.24) is 4.98 Å². The molecule has 0 amide bonds. The van der Waals surface area contributed by atoms with Gasteiger partial charge in [0.15, 0.2) is 23.0 Å². The number of hydrogen-bond donors (Lipinski definition) is 0. The van der Waals surface area contributed by atoms with Crippen LogP contribution in [-0.4, -0.2) is 31.0 Å². The fourth-order valence-electron chi connectivity index (χ4n) is 3.89. The summed E-state index contributed by atoms with van der Waals surface area (Å²) < 4.78 is 16.1. The number of nitrogens with zero attached hydrogens (tertiary/aromatic N) is 1. The molecule has 0 N–H and O–H groups in total. The second kappa shape index (κ2) is 9.59. The normalized spacial score (nSPS) is 14.7. The minimum Gasteiger partial charge on any atom is -0.493 e. The lowest BCUT2D eigenvalue weighted by molar-refractivity contribution is 0.0731. The first-order chi connectivity index (χ1) is 15.8. The standard InChI is InChI=1S/C24H18Cl3NO5/c1-31-20-7-13-6-14(22(29)16(13)10-21(20)32-2)5-12-3-4-28-11-17(12)24(30)33-23-18(26)8-15(25)9-19(23)27/h3-4,7-11,14H,5-6H2,1-2H3. The van der Waals surface area contributed by atoms with Crippen molar-refractivity contribution in [3.63, 3.8) is 0 Å². The molecule has 0 aliphatic heterocycles. The molecule has 4 rings (SSSR count). The number of aromatic nitrogens is 1. The summed E-state index contributed by atoms with van der Waals surface area (Å²) in [5.74, 6) is 0.00527. The largest absolute Gasteiger partial charge is 0.493 e. The van der Waals surface area contributed by atoms with Crippen LogP contribution in [0, 0.1) is 5.92 Å². The summed E-state index contributed by atoms with van der Waals surface area (Å²) in [6, 6.07) is 8.07. The van der Waals surface area contributed by atoms with Crippen LogP contribution in [0.15, 0.2) is 42.7 Å². The minimum atomic E-state index is -0.685. The van der Waals surface area contributed by atoms with Gasteiger partial charge in [0.05, 0.1) is 29.8 Å². The van der Waals surface area contributed by atoms with Crippen molar-refractivity contribution in [3.8, 4) is 17.2 Å². The second-order valence-electron chi connectivity index (χ2n) is 7.45. The molecule has 0 saturated heterocycles. The molecule has 3 aromatic rings. The average molecular weight is 507 g/mol. The molecule has 9 heteroatoms. The van der Waals surface area contributed by atoms with Gasteiger partial charge >= 0.3 is 5.97 Å². The summed E-state index contributed by atoms with van der Waals surface area (Å²) in [6.45, 7) is 0. The molecule has 6 nitrogen and oxygen atoms in total. The first-order valence-electron chi connectivity index (χ1n) is 9.91. The maximum absolute atomic E-state index is 13.1. The summed E-state index contributed by atoms with van der Waals surface area (Å²) >= 11 is 18.2. The molecule has 33 heavy (non-hydrogen) atoms. The van der Waals surface area contributed by atoms with Gasteiger partial charge in [-0.2, -0.15) is 0 Å². The Labute approximate surface area is 205 Å². The monoisotopic (exact) mass is 505 g/mol. The Kier molecular flexibility index (Phi) is 6.79. The van der Waals surface area contributed by atoms with Gasteiger partial charge in [-0.3, -0.25) is 9.78 Å². The topological polar surface area (TPSA) is 74.7 Å². The molecule has 1 unspecified atom stereocenters. The van der Waals surface area contributed by atoms with E-state index in [1.807, 2.05) is 6.07 Å². The first kappa shape index (κ1) is 23.4. The Morgan fingerprint density at radius 1 is 1.06 bits per heavy atom. The fourth-order valence-corrected chi connectivity index (χ4v) is 4.78. The lowest BCUT2D eigenvalue weighted by Crippen LogP contribution is -2.17. The Balaban J connectivity index is 1.58. The quantitative estimate of drug-likeness (QED) is 0.307. The molecule has 0 bridgehead atoms. The van der Waals surface area contributed by atoms with E-state index in [1.165, 1.54) is 25.4 Å². The molecular weight excluding hydrogens is 489 g/mol. The van der Waals surface area contributed by atoms with Gasteiger partial charge in [-0.1, -0.05) is 34.8 Å². The van der Waals surface area contributed by atoms with Gasteiger partial charge in [0.1, 0.15) is 0 Å². The predicted octanol–water partition coefficient (Wildman–Crippen LogP) is 5.88. The van der Waals surface area contributed by atoms with Crippen molar-refractivity contribution in [2.24, 2.45) is 5.92 Å². The molecular formula is C24H18Cl3NO5. The molecule has 0 fully saturated rings. The van der Waals surface area contributed by atoms with Gasteiger partial charge in [-0.25, -0.2) is 4.79 Å². The number of esters is 1. The van der Waals surface area contributed by atoms with Crippen molar-refractivity contribution in [1.29, 1.82) is 0 Å². The van der Waals surface area contributed by atoms with Gasteiger partial charge in [0.25, 0.3) is 0 Å². The third kappa shape index (κ3) is 4.64. The highest BCUT2D eigenvalue weighted by Crippen LogP contribution is 2.39. The lowest BCUT2D eigenvalue weighted by atomic mass is 9.94. The van der Waals surface area contributed by atoms with E-state index in [4.69, 9.17) is 49.0 Å². The lowest BCUT2D eigenvalue weighted by Gasteiger charge is -2.13. The van der Waals surface area contributed by atoms with Crippen LogP contribution in [0.4, 0.5) is 0 Å². The number of pyridine rings is 1. The minimum absolute atomic E-state index is 0.00562. The van der Waals surface area contributed by atoms with Crippen molar-refractivity contribution in [3.05, 3.63) is 80.0 Å². The Morgan fingerprint density at radius 2 is 1.73 bits per heavy atom. The molecule has 1 aliphatic carbocycles. The van der Waals surface area contributed by atoms with Crippen LogP contribution in [-0.2, 0) is 12.8 Å². The number of Topliss-reactive ketones (excluding diaryl/α,β-unsaturated/α-hetero) is 1. The first-order valence-corrected chi connectivity index (χ1v) is 11.0. The molecule has 1 heterocycles. The van der Waals surface area contributed by atoms with E-state index >= 15 is 0 Å². The van der Waals surface area contributed by atoms with E-state index in [1.54, 1.807) is 25.4 Å². The maximum atomic E-state index is 13.1. The SMILES string of the molecule is COc1cc2c(cc1OC)C(=O)C(Cc1ccncc1C(=O)Oc1c(Cl)cc(Cl)cc1Cl)C2. The van der Waals surface area contributed by atoms with Crippen LogP contribution in [0.1, 0.15) is 31.8 Å². The zero-order valence-electron chi connectivity index (χ0n) is 17.7. The van der Waals surface area contributed by atoms with Gasteiger partial charge in [0, 0.05) is 28.9 Å². The molecule has 0 spiro atoms. The van der Waals surface area contributed by atoms with E-state index in [2.05, 4.69) is 4.98 Å². The number of hydrogen-bond acceptors (Lipinski definition) is 6. The summed E-state index contributed by atoms with van der Waals surface area (Å²) in [4.78, 5) is 30.1. The smallest absolute Gasteiger partial charge is 0.345 e. The Morgan fingerprint density at radius 3 is 2.39 bits per heavy atom. The summed E-state index contributed by atoms with van der Waals surface area (Å²) in [5.41, 5.74) is 2.32. The van der Waals surface area contributed by atoms with Crippen LogP contribution < -0.4 is 14.2 Å². The van der Waals surface area contributed by atoms with Crippen molar-refractivity contribution < 1.29 is 23.8 Å². The van der Waals surface area contributed by atoms with Crippen molar-refractivity contribution in [2.75, 3.05) is 14.2 Å². The van der Waals surface area contributed by atoms with Gasteiger partial charge in [0.2, 0.25) is 0 Å². The molecule has 0 radical (unpaired) electrons. The van der Waals surface area contributed by atoms with Crippen LogP contribution >= 0.6 is 34.8 Å². The zero-order chi connectivity index (χ0) is 23.7. The number of rotatable bonds is 6. The van der Waals surface area contributed by atoms with Crippen molar-refractivity contribution >= 4 is 46.6 Å². The maximum Gasteiger partial charge on any atom is 0.345 e. The number of ketones is 1. The van der Waals surface area contributed by atoms with Crippen LogP contribution in [0.5, 0.6) is 17.2 Å². The summed E-state index contributed by atoms with van der Waals surface area (Å²) in [7, 11) is 3.07. The fraction of sp³-hybridized carbons (Fsp3) is 0.208. The van der Waals surface area contributed by atoms with E-state index in [0.717, 1.165) is 5.56 Å². The molecule has 170 valence electrons. The molecule has 2 aromatic carbocycles. The number of benzene rings is 2. The van der Waals surface area contributed by atoms with Crippen molar-refractivity contribution in [2.45, 2.75) is 12.8 Å². The van der Waals surface area contributed by atoms with Crippen LogP contribution in [0.3, 0.4) is 0 Å². The van der Waals surface area contributed by atoms with Gasteiger partial charge in [-0.15, -0.1) is 0 Å². The van der Waals surface area contributed by atoms with E-state index < -0.39 is 5.97 Å². The molecule has 0 saturated carbocycles. The highest BCUT2D eigenvalue weighted by atomic mass is 35.5. The highest BCUT2D eigenvalue weighted by Gasteiger charge is 2.33. The average Bonchev–Trinajstić information content (AvgIpc) is 3.09.